The Morgan fingerprint density at radius 2 is 1.86 bits per heavy atom. The van der Waals surface area contributed by atoms with Gasteiger partial charge in [0.1, 0.15) is 4.90 Å². The minimum atomic E-state index is -4.50. The van der Waals surface area contributed by atoms with E-state index < -0.39 is 50.3 Å². The molecule has 5 nitrogen and oxygen atoms in total. The standard InChI is InChI=1S/C12H14F3NO4S/c1-3-12(2,11(17)18)6-16-21(19,20)8-5-4-7(13)9(14)10(8)15/h4-5,16H,3,6H2,1-2H3,(H,17,18). The van der Waals surface area contributed by atoms with Crippen LogP contribution in [0.5, 0.6) is 0 Å². The van der Waals surface area contributed by atoms with Crippen LogP contribution in [-0.4, -0.2) is 26.0 Å². The first kappa shape index (κ1) is 17.4. The van der Waals surface area contributed by atoms with Gasteiger partial charge in [0.2, 0.25) is 10.0 Å². The molecule has 0 aromatic heterocycles. The fourth-order valence-electron chi connectivity index (χ4n) is 1.40. The van der Waals surface area contributed by atoms with Gasteiger partial charge in [0.05, 0.1) is 5.41 Å². The lowest BCUT2D eigenvalue weighted by Crippen LogP contribution is -2.40. The number of halogens is 3. The highest BCUT2D eigenvalue weighted by Gasteiger charge is 2.33. The highest BCUT2D eigenvalue weighted by atomic mass is 32.2. The van der Waals surface area contributed by atoms with Crippen LogP contribution in [0.25, 0.3) is 0 Å². The van der Waals surface area contributed by atoms with Crippen LogP contribution in [0.3, 0.4) is 0 Å². The Hall–Kier alpha value is -1.61. The van der Waals surface area contributed by atoms with Crippen molar-refractivity contribution in [3.63, 3.8) is 0 Å². The Balaban J connectivity index is 3.09. The molecular weight excluding hydrogens is 311 g/mol. The van der Waals surface area contributed by atoms with Crippen LogP contribution in [0.1, 0.15) is 20.3 Å². The number of carbonyl (C=O) groups is 1. The molecule has 0 saturated carbocycles. The first-order valence-corrected chi connectivity index (χ1v) is 7.40. The summed E-state index contributed by atoms with van der Waals surface area (Å²) in [6.07, 6.45) is 0.116. The minimum Gasteiger partial charge on any atom is -0.481 e. The second-order valence-electron chi connectivity index (χ2n) is 4.72. The van der Waals surface area contributed by atoms with Gasteiger partial charge in [-0.05, 0) is 25.5 Å². The molecule has 0 amide bonds. The molecule has 0 aliphatic carbocycles. The molecule has 0 radical (unpaired) electrons. The Morgan fingerprint density at radius 1 is 1.29 bits per heavy atom. The van der Waals surface area contributed by atoms with Crippen molar-refractivity contribution in [2.75, 3.05) is 6.54 Å². The summed E-state index contributed by atoms with van der Waals surface area (Å²) in [5.74, 6) is -6.51. The molecule has 0 saturated heterocycles. The number of benzene rings is 1. The van der Waals surface area contributed by atoms with E-state index in [1.807, 2.05) is 4.72 Å². The third-order valence-corrected chi connectivity index (χ3v) is 4.66. The van der Waals surface area contributed by atoms with E-state index in [9.17, 15) is 26.4 Å². The highest BCUT2D eigenvalue weighted by molar-refractivity contribution is 7.89. The van der Waals surface area contributed by atoms with Crippen molar-refractivity contribution in [2.45, 2.75) is 25.2 Å². The zero-order valence-electron chi connectivity index (χ0n) is 11.3. The van der Waals surface area contributed by atoms with Crippen molar-refractivity contribution in [1.29, 1.82) is 0 Å². The Labute approximate surface area is 119 Å². The van der Waals surface area contributed by atoms with Crippen LogP contribution in [0, 0.1) is 22.9 Å². The summed E-state index contributed by atoms with van der Waals surface area (Å²) >= 11 is 0. The Bertz CT molecular complexity index is 663. The third kappa shape index (κ3) is 3.53. The maximum Gasteiger partial charge on any atom is 0.310 e. The summed E-state index contributed by atoms with van der Waals surface area (Å²) in [7, 11) is -4.50. The van der Waals surface area contributed by atoms with Crippen molar-refractivity contribution in [3.05, 3.63) is 29.6 Å². The predicted octanol–water partition coefficient (Wildman–Crippen LogP) is 1.88. The lowest BCUT2D eigenvalue weighted by atomic mass is 9.88. The molecule has 118 valence electrons. The largest absolute Gasteiger partial charge is 0.481 e. The molecule has 0 aliphatic heterocycles. The first-order chi connectivity index (χ1) is 9.55. The first-order valence-electron chi connectivity index (χ1n) is 5.91. The molecule has 1 rings (SSSR count). The van der Waals surface area contributed by atoms with E-state index in [0.717, 1.165) is 0 Å². The van der Waals surface area contributed by atoms with Crippen molar-refractivity contribution >= 4 is 16.0 Å². The molecule has 2 N–H and O–H groups in total. The highest BCUT2D eigenvalue weighted by Crippen LogP contribution is 2.23. The number of hydrogen-bond acceptors (Lipinski definition) is 3. The number of sulfonamides is 1. The topological polar surface area (TPSA) is 83.5 Å². The van der Waals surface area contributed by atoms with Gasteiger partial charge in [-0.15, -0.1) is 0 Å². The average molecular weight is 325 g/mol. The lowest BCUT2D eigenvalue weighted by Gasteiger charge is -2.23. The van der Waals surface area contributed by atoms with Gasteiger partial charge in [0.25, 0.3) is 0 Å². The normalized spacial score (nSPS) is 14.7. The van der Waals surface area contributed by atoms with Gasteiger partial charge in [0, 0.05) is 6.54 Å². The van der Waals surface area contributed by atoms with E-state index in [1.165, 1.54) is 6.92 Å². The van der Waals surface area contributed by atoms with Gasteiger partial charge in [-0.2, -0.15) is 0 Å². The van der Waals surface area contributed by atoms with Crippen LogP contribution in [0.4, 0.5) is 13.2 Å². The quantitative estimate of drug-likeness (QED) is 0.782. The fraction of sp³-hybridized carbons (Fsp3) is 0.417. The molecule has 0 aliphatic rings. The number of aliphatic carboxylic acids is 1. The molecule has 1 aromatic carbocycles. The van der Waals surface area contributed by atoms with Crippen LogP contribution < -0.4 is 4.72 Å². The Morgan fingerprint density at radius 3 is 2.33 bits per heavy atom. The summed E-state index contributed by atoms with van der Waals surface area (Å²) in [6, 6.07) is 1.04. The fourth-order valence-corrected chi connectivity index (χ4v) is 2.64. The SMILES string of the molecule is CCC(C)(CNS(=O)(=O)c1ccc(F)c(F)c1F)C(=O)O. The van der Waals surface area contributed by atoms with Gasteiger partial charge in [0.15, 0.2) is 17.5 Å². The van der Waals surface area contributed by atoms with Crippen LogP contribution in [-0.2, 0) is 14.8 Å². The van der Waals surface area contributed by atoms with E-state index in [0.29, 0.717) is 12.1 Å². The van der Waals surface area contributed by atoms with Gasteiger partial charge >= 0.3 is 5.97 Å². The Kier molecular flexibility index (Phi) is 5.00. The van der Waals surface area contributed by atoms with E-state index >= 15 is 0 Å². The molecule has 21 heavy (non-hydrogen) atoms. The number of carboxylic acid groups (broad SMARTS) is 1. The van der Waals surface area contributed by atoms with Crippen molar-refractivity contribution in [3.8, 4) is 0 Å². The smallest absolute Gasteiger partial charge is 0.310 e. The maximum absolute atomic E-state index is 13.5. The van der Waals surface area contributed by atoms with E-state index in [4.69, 9.17) is 5.11 Å². The summed E-state index contributed by atoms with van der Waals surface area (Å²) in [5, 5.41) is 9.02. The summed E-state index contributed by atoms with van der Waals surface area (Å²) in [5.41, 5.74) is -1.40. The molecule has 0 bridgehead atoms. The summed E-state index contributed by atoms with van der Waals surface area (Å²) in [6.45, 7) is 2.33. The molecule has 0 heterocycles. The number of carboxylic acids is 1. The number of rotatable bonds is 6. The monoisotopic (exact) mass is 325 g/mol. The molecule has 0 spiro atoms. The number of nitrogens with one attached hydrogen (secondary N) is 1. The molecule has 1 atom stereocenters. The summed E-state index contributed by atoms with van der Waals surface area (Å²) in [4.78, 5) is 9.97. The molecule has 0 fully saturated rings. The van der Waals surface area contributed by atoms with Crippen LogP contribution in [0.2, 0.25) is 0 Å². The number of hydrogen-bond donors (Lipinski definition) is 2. The zero-order valence-corrected chi connectivity index (χ0v) is 12.1. The molecule has 1 unspecified atom stereocenters. The van der Waals surface area contributed by atoms with E-state index in [-0.39, 0.29) is 6.42 Å². The molecule has 9 heteroatoms. The average Bonchev–Trinajstić information content (AvgIpc) is 2.41. The van der Waals surface area contributed by atoms with Gasteiger partial charge in [-0.25, -0.2) is 26.3 Å². The van der Waals surface area contributed by atoms with Crippen molar-refractivity contribution in [2.24, 2.45) is 5.41 Å². The van der Waals surface area contributed by atoms with Crippen molar-refractivity contribution < 1.29 is 31.5 Å². The van der Waals surface area contributed by atoms with Gasteiger partial charge in [-0.1, -0.05) is 6.92 Å². The van der Waals surface area contributed by atoms with Crippen LogP contribution in [0.15, 0.2) is 17.0 Å². The van der Waals surface area contributed by atoms with Gasteiger partial charge in [-0.3, -0.25) is 4.79 Å². The maximum atomic E-state index is 13.5. The lowest BCUT2D eigenvalue weighted by molar-refractivity contribution is -0.147. The second kappa shape index (κ2) is 6.02. The van der Waals surface area contributed by atoms with Crippen molar-refractivity contribution in [1.82, 2.24) is 4.72 Å². The molecular formula is C12H14F3NO4S. The van der Waals surface area contributed by atoms with E-state index in [1.54, 1.807) is 6.92 Å². The van der Waals surface area contributed by atoms with Gasteiger partial charge < -0.3 is 5.11 Å². The van der Waals surface area contributed by atoms with E-state index in [2.05, 4.69) is 0 Å². The molecule has 1 aromatic rings. The predicted molar refractivity (Wildman–Crippen MR) is 67.5 cm³/mol. The zero-order chi connectivity index (χ0) is 16.4. The summed E-state index contributed by atoms with van der Waals surface area (Å²) < 4.78 is 64.9. The minimum absolute atomic E-state index is 0.116. The van der Waals surface area contributed by atoms with Crippen LogP contribution >= 0.6 is 0 Å². The third-order valence-electron chi connectivity index (χ3n) is 3.24. The second-order valence-corrected chi connectivity index (χ2v) is 6.45.